The number of aromatic carboxylic acids is 1. The van der Waals surface area contributed by atoms with Crippen molar-refractivity contribution >= 4 is 29.2 Å². The number of nitrogens with zero attached hydrogens (tertiary/aromatic N) is 1. The maximum Gasteiger partial charge on any atom is 0.335 e. The van der Waals surface area contributed by atoms with Crippen molar-refractivity contribution in [2.75, 3.05) is 0 Å². The standard InChI is InChI=1S/C31H26Cl2FNO5/c1-16-4-2-7-23(32)27(16)28-21(29(40-35-28)17-8-9-17)15-39-26-12-24(33)22(11-25(26)34)31(38)13-20(14-31)18-5-3-6-19(10-18)30(36)37/h2-7,10-12,17,20,38H,8-9,13-15H2,1H3,(H,36,37)/i15D. The molecule has 3 aromatic carbocycles. The van der Waals surface area contributed by atoms with Crippen molar-refractivity contribution in [3.63, 3.8) is 0 Å². The molecule has 2 saturated carbocycles. The van der Waals surface area contributed by atoms with Gasteiger partial charge in [0, 0.05) is 23.1 Å². The fraction of sp³-hybridized carbons (Fsp3) is 0.290. The molecule has 2 N–H and O–H groups in total. The number of carboxylic acid groups (broad SMARTS) is 1. The molecule has 206 valence electrons. The molecule has 0 spiro atoms. The molecule has 4 aromatic rings. The zero-order valence-electron chi connectivity index (χ0n) is 22.5. The molecule has 6 rings (SSSR count). The zero-order chi connectivity index (χ0) is 29.1. The van der Waals surface area contributed by atoms with E-state index in [2.05, 4.69) is 5.16 Å². The molecule has 0 aliphatic heterocycles. The van der Waals surface area contributed by atoms with Crippen molar-refractivity contribution in [1.29, 1.82) is 0 Å². The number of hydrogen-bond acceptors (Lipinski definition) is 5. The van der Waals surface area contributed by atoms with Gasteiger partial charge in [0.1, 0.15) is 18.0 Å². The summed E-state index contributed by atoms with van der Waals surface area (Å²) >= 11 is 13.0. The van der Waals surface area contributed by atoms with E-state index in [-0.39, 0.29) is 46.6 Å². The Bertz CT molecular complexity index is 1640. The predicted molar refractivity (Wildman–Crippen MR) is 149 cm³/mol. The van der Waals surface area contributed by atoms with Crippen LogP contribution >= 0.6 is 23.2 Å². The van der Waals surface area contributed by atoms with Crippen LogP contribution in [0, 0.1) is 12.7 Å². The number of rotatable bonds is 8. The van der Waals surface area contributed by atoms with E-state index < -0.39 is 24.0 Å². The van der Waals surface area contributed by atoms with Gasteiger partial charge in [-0.05, 0) is 73.9 Å². The largest absolute Gasteiger partial charge is 0.486 e. The van der Waals surface area contributed by atoms with Crippen LogP contribution in [0.2, 0.25) is 10.0 Å². The number of aliphatic hydroxyl groups is 1. The van der Waals surface area contributed by atoms with Gasteiger partial charge in [-0.1, -0.05) is 52.6 Å². The van der Waals surface area contributed by atoms with Crippen molar-refractivity contribution in [3.05, 3.63) is 104 Å². The van der Waals surface area contributed by atoms with Gasteiger partial charge in [-0.15, -0.1) is 0 Å². The summed E-state index contributed by atoms with van der Waals surface area (Å²) in [4.78, 5) is 11.3. The Morgan fingerprint density at radius 3 is 2.60 bits per heavy atom. The number of aromatic nitrogens is 1. The van der Waals surface area contributed by atoms with Crippen molar-refractivity contribution < 1.29 is 30.0 Å². The highest BCUT2D eigenvalue weighted by molar-refractivity contribution is 6.33. The first-order valence-corrected chi connectivity index (χ1v) is 13.7. The third-order valence-corrected chi connectivity index (χ3v) is 8.39. The summed E-state index contributed by atoms with van der Waals surface area (Å²) < 4.78 is 35.7. The highest BCUT2D eigenvalue weighted by atomic mass is 35.5. The molecule has 2 aliphatic rings. The van der Waals surface area contributed by atoms with E-state index >= 15 is 4.39 Å². The molecule has 0 bridgehead atoms. The molecular weight excluding hydrogens is 556 g/mol. The van der Waals surface area contributed by atoms with Crippen LogP contribution in [0.4, 0.5) is 4.39 Å². The minimum absolute atomic E-state index is 0.101. The van der Waals surface area contributed by atoms with E-state index in [1.54, 1.807) is 18.2 Å². The number of ether oxygens (including phenoxy) is 1. The van der Waals surface area contributed by atoms with Gasteiger partial charge in [0.05, 0.1) is 28.1 Å². The van der Waals surface area contributed by atoms with Crippen LogP contribution in [0.5, 0.6) is 5.75 Å². The minimum Gasteiger partial charge on any atom is -0.486 e. The first kappa shape index (κ1) is 25.6. The van der Waals surface area contributed by atoms with Gasteiger partial charge in [0.15, 0.2) is 11.6 Å². The number of carbonyl (C=O) groups is 1. The summed E-state index contributed by atoms with van der Waals surface area (Å²) in [6, 6.07) is 14.4. The molecule has 2 aliphatic carbocycles. The normalized spacial score (nSPS) is 21.4. The van der Waals surface area contributed by atoms with E-state index in [1.165, 1.54) is 12.1 Å². The maximum absolute atomic E-state index is 15.4. The lowest BCUT2D eigenvalue weighted by Crippen LogP contribution is -2.40. The van der Waals surface area contributed by atoms with Crippen molar-refractivity contribution in [2.45, 2.75) is 56.6 Å². The molecule has 9 heteroatoms. The van der Waals surface area contributed by atoms with Crippen LogP contribution < -0.4 is 4.74 Å². The van der Waals surface area contributed by atoms with E-state index in [4.69, 9.17) is 33.8 Å². The Labute approximate surface area is 241 Å². The fourth-order valence-corrected chi connectivity index (χ4v) is 6.05. The Balaban J connectivity index is 1.26. The van der Waals surface area contributed by atoms with Gasteiger partial charge >= 0.3 is 5.97 Å². The van der Waals surface area contributed by atoms with E-state index in [0.717, 1.165) is 30.0 Å². The van der Waals surface area contributed by atoms with Crippen molar-refractivity contribution in [3.8, 4) is 17.0 Å². The summed E-state index contributed by atoms with van der Waals surface area (Å²) in [6.07, 6.45) is 2.29. The molecule has 40 heavy (non-hydrogen) atoms. The van der Waals surface area contributed by atoms with E-state index in [0.29, 0.717) is 27.6 Å². The van der Waals surface area contributed by atoms with E-state index in [9.17, 15) is 15.0 Å². The summed E-state index contributed by atoms with van der Waals surface area (Å²) in [6.45, 7) is 0.504. The van der Waals surface area contributed by atoms with Crippen molar-refractivity contribution in [1.82, 2.24) is 5.16 Å². The molecule has 1 aromatic heterocycles. The van der Waals surface area contributed by atoms with Crippen LogP contribution in [0.1, 0.15) is 77.3 Å². The Morgan fingerprint density at radius 1 is 1.15 bits per heavy atom. The summed E-state index contributed by atoms with van der Waals surface area (Å²) in [5, 5.41) is 25.3. The van der Waals surface area contributed by atoms with Gasteiger partial charge in [0.25, 0.3) is 0 Å². The number of halogens is 3. The molecule has 1 atom stereocenters. The fourth-order valence-electron chi connectivity index (χ4n) is 5.41. The lowest BCUT2D eigenvalue weighted by atomic mass is 9.65. The van der Waals surface area contributed by atoms with Crippen LogP contribution in [0.25, 0.3) is 11.3 Å². The Hall–Kier alpha value is -3.39. The molecule has 1 unspecified atom stereocenters. The topological polar surface area (TPSA) is 92.8 Å². The minimum atomic E-state index is -1.39. The van der Waals surface area contributed by atoms with Crippen LogP contribution in [-0.4, -0.2) is 21.3 Å². The molecule has 6 nitrogen and oxygen atoms in total. The average molecular weight is 583 g/mol. The SMILES string of the molecule is [2H]C(Oc1cc(Cl)c(C2(O)CC(c3cccc(C(=O)O)c3)C2)cc1F)c1c(-c2c(C)cccc2Cl)noc1C1CC1. The molecule has 2 fully saturated rings. The third kappa shape index (κ3) is 4.87. The highest BCUT2D eigenvalue weighted by Crippen LogP contribution is 2.53. The first-order chi connectivity index (χ1) is 19.6. The van der Waals surface area contributed by atoms with Crippen LogP contribution in [0.3, 0.4) is 0 Å². The van der Waals surface area contributed by atoms with Gasteiger partial charge in [-0.25, -0.2) is 9.18 Å². The second-order valence-corrected chi connectivity index (χ2v) is 11.4. The van der Waals surface area contributed by atoms with Crippen molar-refractivity contribution in [2.24, 2.45) is 0 Å². The number of carboxylic acids is 1. The predicted octanol–water partition coefficient (Wildman–Crippen LogP) is 8.02. The summed E-state index contributed by atoms with van der Waals surface area (Å²) in [7, 11) is 0. The average Bonchev–Trinajstić information content (AvgIpc) is 3.67. The quantitative estimate of drug-likeness (QED) is 0.218. The Morgan fingerprint density at radius 2 is 1.90 bits per heavy atom. The van der Waals surface area contributed by atoms with Crippen LogP contribution in [0.15, 0.2) is 59.1 Å². The first-order valence-electron chi connectivity index (χ1n) is 13.5. The van der Waals surface area contributed by atoms with Gasteiger partial charge in [0.2, 0.25) is 0 Å². The van der Waals surface area contributed by atoms with Gasteiger partial charge in [-0.2, -0.15) is 0 Å². The number of benzene rings is 3. The summed E-state index contributed by atoms with van der Waals surface area (Å²) in [5.74, 6) is -1.50. The van der Waals surface area contributed by atoms with Crippen LogP contribution in [-0.2, 0) is 12.2 Å². The molecule has 0 radical (unpaired) electrons. The maximum atomic E-state index is 15.4. The zero-order valence-corrected chi connectivity index (χ0v) is 23.0. The van der Waals surface area contributed by atoms with E-state index in [1.807, 2.05) is 25.1 Å². The Kier molecular flexibility index (Phi) is 6.53. The number of aryl methyl sites for hydroxylation is 1. The van der Waals surface area contributed by atoms with Gasteiger partial charge in [-0.3, -0.25) is 0 Å². The lowest BCUT2D eigenvalue weighted by molar-refractivity contribution is -0.0551. The third-order valence-electron chi connectivity index (χ3n) is 7.76. The number of hydrogen-bond donors (Lipinski definition) is 2. The smallest absolute Gasteiger partial charge is 0.335 e. The summed E-state index contributed by atoms with van der Waals surface area (Å²) in [5.41, 5.74) is 2.04. The molecule has 1 heterocycles. The molecular formula is C31H26Cl2FNO5. The monoisotopic (exact) mass is 582 g/mol. The highest BCUT2D eigenvalue weighted by Gasteiger charge is 2.46. The molecule has 0 saturated heterocycles. The second-order valence-electron chi connectivity index (χ2n) is 10.6. The second kappa shape index (κ2) is 10.2. The van der Waals surface area contributed by atoms with Gasteiger partial charge < -0.3 is 19.5 Å². The lowest BCUT2D eigenvalue weighted by Gasteiger charge is -2.44. The molecule has 0 amide bonds.